The number of nitrogens with one attached hydrogen (secondary N) is 1. The van der Waals surface area contributed by atoms with Crippen LogP contribution in [0.3, 0.4) is 0 Å². The van der Waals surface area contributed by atoms with Crippen molar-refractivity contribution in [3.8, 4) is 11.5 Å². The summed E-state index contributed by atoms with van der Waals surface area (Å²) in [6.07, 6.45) is 2.62. The molecule has 0 spiro atoms. The number of benzene rings is 1. The zero-order valence-corrected chi connectivity index (χ0v) is 12.0. The van der Waals surface area contributed by atoms with E-state index < -0.39 is 0 Å². The maximum atomic E-state index is 9.99. The number of methoxy groups -OCH3 is 1. The summed E-state index contributed by atoms with van der Waals surface area (Å²) in [6.45, 7) is 4.97. The van der Waals surface area contributed by atoms with Gasteiger partial charge in [-0.05, 0) is 32.0 Å². The highest BCUT2D eigenvalue weighted by molar-refractivity contribution is 6.30. The van der Waals surface area contributed by atoms with Crippen LogP contribution in [0, 0.1) is 0 Å². The second-order valence-corrected chi connectivity index (χ2v) is 5.28. The van der Waals surface area contributed by atoms with E-state index in [-0.39, 0.29) is 5.75 Å². The van der Waals surface area contributed by atoms with Crippen molar-refractivity contribution in [2.45, 2.75) is 19.4 Å². The maximum Gasteiger partial charge on any atom is 0.162 e. The van der Waals surface area contributed by atoms with Crippen molar-refractivity contribution in [3.05, 3.63) is 22.7 Å². The molecule has 2 N–H and O–H groups in total. The van der Waals surface area contributed by atoms with E-state index in [2.05, 4.69) is 10.2 Å². The van der Waals surface area contributed by atoms with Gasteiger partial charge in [-0.25, -0.2) is 0 Å². The van der Waals surface area contributed by atoms with Crippen LogP contribution in [0.2, 0.25) is 5.02 Å². The molecular weight excluding hydrogens is 264 g/mol. The lowest BCUT2D eigenvalue weighted by Crippen LogP contribution is -2.29. The Morgan fingerprint density at radius 1 is 1.37 bits per heavy atom. The van der Waals surface area contributed by atoms with Crippen LogP contribution in [0.4, 0.5) is 0 Å². The predicted molar refractivity (Wildman–Crippen MR) is 77.0 cm³/mol. The number of aromatic hydroxyl groups is 1. The molecule has 1 fully saturated rings. The molecular formula is C14H21ClN2O2. The van der Waals surface area contributed by atoms with Crippen molar-refractivity contribution in [2.75, 3.05) is 33.3 Å². The lowest BCUT2D eigenvalue weighted by molar-refractivity contribution is 0.334. The van der Waals surface area contributed by atoms with Gasteiger partial charge in [0.1, 0.15) is 0 Å². The van der Waals surface area contributed by atoms with Gasteiger partial charge in [-0.3, -0.25) is 0 Å². The summed E-state index contributed by atoms with van der Waals surface area (Å²) < 4.78 is 5.08. The number of hydrogen-bond donors (Lipinski definition) is 2. The summed E-state index contributed by atoms with van der Waals surface area (Å²) in [4.78, 5) is 2.45. The summed E-state index contributed by atoms with van der Waals surface area (Å²) >= 11 is 5.99. The molecule has 0 amide bonds. The highest BCUT2D eigenvalue weighted by Crippen LogP contribution is 2.33. The van der Waals surface area contributed by atoms with Crippen LogP contribution in [-0.4, -0.2) is 43.3 Å². The van der Waals surface area contributed by atoms with Gasteiger partial charge >= 0.3 is 0 Å². The Balaban J connectivity index is 1.83. The number of hydrogen-bond acceptors (Lipinski definition) is 4. The van der Waals surface area contributed by atoms with Crippen LogP contribution < -0.4 is 10.1 Å². The Bertz CT molecular complexity index is 420. The van der Waals surface area contributed by atoms with E-state index in [4.69, 9.17) is 16.3 Å². The number of ether oxygens (including phenoxy) is 1. The molecule has 1 aromatic rings. The minimum Gasteiger partial charge on any atom is -0.504 e. The third-order valence-corrected chi connectivity index (χ3v) is 3.68. The highest BCUT2D eigenvalue weighted by Gasteiger charge is 2.12. The lowest BCUT2D eigenvalue weighted by Gasteiger charge is -2.15. The molecule has 1 aromatic carbocycles. The van der Waals surface area contributed by atoms with E-state index in [0.29, 0.717) is 17.3 Å². The summed E-state index contributed by atoms with van der Waals surface area (Å²) in [5, 5.41) is 13.9. The molecule has 4 nitrogen and oxygen atoms in total. The van der Waals surface area contributed by atoms with Crippen LogP contribution in [0.1, 0.15) is 18.4 Å². The molecule has 0 bridgehead atoms. The number of rotatable bonds is 6. The van der Waals surface area contributed by atoms with Gasteiger partial charge in [-0.15, -0.1) is 0 Å². The molecule has 1 saturated heterocycles. The predicted octanol–water partition coefficient (Wildman–Crippen LogP) is 2.24. The molecule has 1 aliphatic heterocycles. The molecule has 0 unspecified atom stereocenters. The quantitative estimate of drug-likeness (QED) is 0.787. The normalized spacial score (nSPS) is 15.9. The van der Waals surface area contributed by atoms with E-state index in [1.165, 1.54) is 33.0 Å². The van der Waals surface area contributed by atoms with E-state index in [0.717, 1.165) is 18.7 Å². The molecule has 0 radical (unpaired) electrons. The fourth-order valence-corrected chi connectivity index (χ4v) is 2.62. The van der Waals surface area contributed by atoms with E-state index in [1.54, 1.807) is 12.1 Å². The second-order valence-electron chi connectivity index (χ2n) is 4.84. The Kier molecular flexibility index (Phi) is 5.31. The molecule has 0 atom stereocenters. The van der Waals surface area contributed by atoms with Crippen LogP contribution in [0.5, 0.6) is 11.5 Å². The standard InChI is InChI=1S/C14H21ClN2O2/c1-19-13-9-12(15)8-11(14(13)18)10-16-4-7-17-5-2-3-6-17/h8-9,16,18H,2-7,10H2,1H3. The minimum absolute atomic E-state index is 0.167. The molecule has 1 aliphatic rings. The fraction of sp³-hybridized carbons (Fsp3) is 0.571. The molecule has 0 aliphatic carbocycles. The molecule has 0 saturated carbocycles. The van der Waals surface area contributed by atoms with Crippen LogP contribution in [0.25, 0.3) is 0 Å². The van der Waals surface area contributed by atoms with Gasteiger partial charge in [-0.1, -0.05) is 11.6 Å². The topological polar surface area (TPSA) is 44.7 Å². The average Bonchev–Trinajstić information content (AvgIpc) is 2.91. The van der Waals surface area contributed by atoms with Crippen molar-refractivity contribution in [1.82, 2.24) is 10.2 Å². The smallest absolute Gasteiger partial charge is 0.162 e. The lowest BCUT2D eigenvalue weighted by atomic mass is 10.2. The monoisotopic (exact) mass is 284 g/mol. The Morgan fingerprint density at radius 2 is 2.11 bits per heavy atom. The first-order chi connectivity index (χ1) is 9.20. The minimum atomic E-state index is 0.167. The van der Waals surface area contributed by atoms with Gasteiger partial charge in [0, 0.05) is 36.3 Å². The van der Waals surface area contributed by atoms with Crippen LogP contribution >= 0.6 is 11.6 Å². The molecule has 5 heteroatoms. The molecule has 0 aromatic heterocycles. The van der Waals surface area contributed by atoms with Crippen molar-refractivity contribution in [3.63, 3.8) is 0 Å². The maximum absolute atomic E-state index is 9.99. The SMILES string of the molecule is COc1cc(Cl)cc(CNCCN2CCCC2)c1O. The number of nitrogens with zero attached hydrogens (tertiary/aromatic N) is 1. The Morgan fingerprint density at radius 3 is 2.79 bits per heavy atom. The van der Waals surface area contributed by atoms with Gasteiger partial charge in [-0.2, -0.15) is 0 Å². The number of halogens is 1. The van der Waals surface area contributed by atoms with Crippen LogP contribution in [-0.2, 0) is 6.54 Å². The van der Waals surface area contributed by atoms with Crippen LogP contribution in [0.15, 0.2) is 12.1 Å². The first-order valence-electron chi connectivity index (χ1n) is 6.69. The van der Waals surface area contributed by atoms with E-state index in [9.17, 15) is 5.11 Å². The summed E-state index contributed by atoms with van der Waals surface area (Å²) in [5.41, 5.74) is 0.769. The summed E-state index contributed by atoms with van der Waals surface area (Å²) in [5.74, 6) is 0.587. The van der Waals surface area contributed by atoms with E-state index in [1.807, 2.05) is 0 Å². The molecule has 106 valence electrons. The third-order valence-electron chi connectivity index (χ3n) is 3.46. The largest absolute Gasteiger partial charge is 0.504 e. The number of phenolic OH excluding ortho intramolecular Hbond substituents is 1. The van der Waals surface area contributed by atoms with Crippen molar-refractivity contribution < 1.29 is 9.84 Å². The van der Waals surface area contributed by atoms with Gasteiger partial charge < -0.3 is 20.1 Å². The number of likely N-dealkylation sites (tertiary alicyclic amines) is 1. The van der Waals surface area contributed by atoms with Crippen molar-refractivity contribution in [1.29, 1.82) is 0 Å². The summed E-state index contributed by atoms with van der Waals surface area (Å²) in [7, 11) is 1.52. The average molecular weight is 285 g/mol. The van der Waals surface area contributed by atoms with Gasteiger partial charge in [0.2, 0.25) is 0 Å². The molecule has 2 rings (SSSR count). The zero-order chi connectivity index (χ0) is 13.7. The highest BCUT2D eigenvalue weighted by atomic mass is 35.5. The second kappa shape index (κ2) is 6.98. The zero-order valence-electron chi connectivity index (χ0n) is 11.3. The van der Waals surface area contributed by atoms with E-state index >= 15 is 0 Å². The van der Waals surface area contributed by atoms with Crippen molar-refractivity contribution >= 4 is 11.6 Å². The fourth-order valence-electron chi connectivity index (χ4n) is 2.39. The van der Waals surface area contributed by atoms with Gasteiger partial charge in [0.25, 0.3) is 0 Å². The molecule has 1 heterocycles. The first-order valence-corrected chi connectivity index (χ1v) is 7.07. The Labute approximate surface area is 119 Å². The summed E-state index contributed by atoms with van der Waals surface area (Å²) in [6, 6.07) is 3.38. The Hall–Kier alpha value is -0.970. The first kappa shape index (κ1) is 14.4. The number of phenols is 1. The van der Waals surface area contributed by atoms with Crippen molar-refractivity contribution in [2.24, 2.45) is 0 Å². The molecule has 19 heavy (non-hydrogen) atoms. The van der Waals surface area contributed by atoms with Gasteiger partial charge in [0.05, 0.1) is 7.11 Å². The van der Waals surface area contributed by atoms with Gasteiger partial charge in [0.15, 0.2) is 11.5 Å². The third kappa shape index (κ3) is 4.00.